The van der Waals surface area contributed by atoms with Crippen LogP contribution in [0.1, 0.15) is 40.5 Å². The number of carbonyl (C=O) groups excluding carboxylic acids is 3. The van der Waals surface area contributed by atoms with Gasteiger partial charge in [-0.2, -0.15) is 11.8 Å². The highest BCUT2D eigenvalue weighted by Gasteiger charge is 2.27. The quantitative estimate of drug-likeness (QED) is 0.281. The Labute approximate surface area is 170 Å². The lowest BCUT2D eigenvalue weighted by molar-refractivity contribution is -0.141. The van der Waals surface area contributed by atoms with E-state index in [1.807, 2.05) is 20.1 Å². The van der Waals surface area contributed by atoms with Crippen LogP contribution in [0.25, 0.3) is 0 Å². The van der Waals surface area contributed by atoms with Crippen molar-refractivity contribution in [2.24, 2.45) is 17.6 Å². The molecule has 162 valence electrons. The molecule has 0 aromatic rings. The lowest BCUT2D eigenvalue weighted by Crippen LogP contribution is -2.55. The Kier molecular flexibility index (Phi) is 12.5. The van der Waals surface area contributed by atoms with Gasteiger partial charge in [-0.3, -0.25) is 14.4 Å². The van der Waals surface area contributed by atoms with Crippen molar-refractivity contribution in [1.29, 1.82) is 0 Å². The summed E-state index contributed by atoms with van der Waals surface area (Å²) in [7, 11) is 0. The van der Waals surface area contributed by atoms with Gasteiger partial charge in [-0.15, -0.1) is 0 Å². The summed E-state index contributed by atoms with van der Waals surface area (Å²) in [6.07, 6.45) is 2.62. The minimum absolute atomic E-state index is 0.216. The molecule has 0 rings (SSSR count). The average molecular weight is 419 g/mol. The van der Waals surface area contributed by atoms with Crippen molar-refractivity contribution in [3.05, 3.63) is 0 Å². The summed E-state index contributed by atoms with van der Waals surface area (Å²) in [4.78, 5) is 47.7. The van der Waals surface area contributed by atoms with Gasteiger partial charge in [0.15, 0.2) is 0 Å². The summed E-state index contributed by atoms with van der Waals surface area (Å²) in [5, 5.41) is 16.6. The molecular weight excluding hydrogens is 384 g/mol. The van der Waals surface area contributed by atoms with Gasteiger partial charge in [0.2, 0.25) is 17.7 Å². The third kappa shape index (κ3) is 10.5. The second-order valence-corrected chi connectivity index (χ2v) is 8.41. The average Bonchev–Trinajstić information content (AvgIpc) is 2.59. The molecule has 0 heterocycles. The molecule has 0 bridgehead atoms. The van der Waals surface area contributed by atoms with Crippen LogP contribution in [-0.2, 0) is 19.2 Å². The first kappa shape index (κ1) is 26.2. The SMILES string of the molecule is CSCCC(NC(=O)CNC(=O)C(NC(=O)C(N)CC(C)C)C(C)C)C(=O)O. The van der Waals surface area contributed by atoms with Crippen LogP contribution >= 0.6 is 11.8 Å². The summed E-state index contributed by atoms with van der Waals surface area (Å²) < 4.78 is 0. The number of aliphatic carboxylic acids is 1. The number of carbonyl (C=O) groups is 4. The minimum Gasteiger partial charge on any atom is -0.480 e. The van der Waals surface area contributed by atoms with Crippen LogP contribution in [0.3, 0.4) is 0 Å². The summed E-state index contributed by atoms with van der Waals surface area (Å²) in [6.45, 7) is 7.05. The number of carboxylic acids is 1. The molecule has 0 fully saturated rings. The molecule has 0 spiro atoms. The van der Waals surface area contributed by atoms with Crippen molar-refractivity contribution in [3.8, 4) is 0 Å². The van der Waals surface area contributed by atoms with E-state index in [4.69, 9.17) is 10.8 Å². The predicted octanol–water partition coefficient (Wildman–Crippen LogP) is -0.0607. The monoisotopic (exact) mass is 418 g/mol. The van der Waals surface area contributed by atoms with Gasteiger partial charge in [0, 0.05) is 0 Å². The van der Waals surface area contributed by atoms with E-state index in [1.54, 1.807) is 13.8 Å². The van der Waals surface area contributed by atoms with Crippen LogP contribution in [0.5, 0.6) is 0 Å². The predicted molar refractivity (Wildman–Crippen MR) is 110 cm³/mol. The summed E-state index contributed by atoms with van der Waals surface area (Å²) >= 11 is 1.48. The van der Waals surface area contributed by atoms with E-state index in [0.717, 1.165) is 0 Å². The molecule has 0 saturated heterocycles. The van der Waals surface area contributed by atoms with Crippen molar-refractivity contribution in [2.75, 3.05) is 18.6 Å². The van der Waals surface area contributed by atoms with E-state index in [1.165, 1.54) is 11.8 Å². The van der Waals surface area contributed by atoms with Crippen LogP contribution in [0, 0.1) is 11.8 Å². The lowest BCUT2D eigenvalue weighted by Gasteiger charge is -2.24. The Morgan fingerprint density at radius 2 is 1.64 bits per heavy atom. The number of amides is 3. The van der Waals surface area contributed by atoms with Gasteiger partial charge in [0.25, 0.3) is 0 Å². The zero-order valence-electron chi connectivity index (χ0n) is 17.3. The number of hydrogen-bond acceptors (Lipinski definition) is 6. The Morgan fingerprint density at radius 3 is 2.11 bits per heavy atom. The molecular formula is C18H34N4O5S. The standard InChI is InChI=1S/C18H34N4O5S/c1-10(2)8-12(19)16(24)22-15(11(3)4)17(25)20-9-14(23)21-13(18(26)27)6-7-28-5/h10-13,15H,6-9,19H2,1-5H3,(H,20,25)(H,21,23)(H,22,24)(H,26,27). The Morgan fingerprint density at radius 1 is 1.04 bits per heavy atom. The van der Waals surface area contributed by atoms with Gasteiger partial charge in [0.05, 0.1) is 12.6 Å². The molecule has 10 heteroatoms. The molecule has 3 unspecified atom stereocenters. The van der Waals surface area contributed by atoms with Crippen molar-refractivity contribution in [3.63, 3.8) is 0 Å². The molecule has 0 saturated carbocycles. The molecule has 3 amide bonds. The van der Waals surface area contributed by atoms with Crippen molar-refractivity contribution in [1.82, 2.24) is 16.0 Å². The highest BCUT2D eigenvalue weighted by atomic mass is 32.2. The van der Waals surface area contributed by atoms with E-state index in [0.29, 0.717) is 12.2 Å². The van der Waals surface area contributed by atoms with Crippen molar-refractivity contribution in [2.45, 2.75) is 58.7 Å². The third-order valence-electron chi connectivity index (χ3n) is 3.98. The van der Waals surface area contributed by atoms with Crippen LogP contribution in [-0.4, -0.2) is 65.5 Å². The number of carboxylic acid groups (broad SMARTS) is 1. The fourth-order valence-corrected chi connectivity index (χ4v) is 2.90. The van der Waals surface area contributed by atoms with Gasteiger partial charge in [-0.05, 0) is 36.7 Å². The fraction of sp³-hybridized carbons (Fsp3) is 0.778. The normalized spacial score (nSPS) is 14.3. The van der Waals surface area contributed by atoms with Crippen LogP contribution < -0.4 is 21.7 Å². The van der Waals surface area contributed by atoms with Crippen LogP contribution in [0.15, 0.2) is 0 Å². The molecule has 3 atom stereocenters. The topological polar surface area (TPSA) is 151 Å². The second kappa shape index (κ2) is 13.4. The highest BCUT2D eigenvalue weighted by Crippen LogP contribution is 2.06. The van der Waals surface area contributed by atoms with Gasteiger partial charge in [0.1, 0.15) is 12.1 Å². The molecule has 9 nitrogen and oxygen atoms in total. The Balaban J connectivity index is 4.70. The van der Waals surface area contributed by atoms with Gasteiger partial charge in [-0.1, -0.05) is 27.7 Å². The Bertz CT molecular complexity index is 542. The molecule has 28 heavy (non-hydrogen) atoms. The second-order valence-electron chi connectivity index (χ2n) is 7.42. The zero-order valence-corrected chi connectivity index (χ0v) is 18.1. The molecule has 0 aliphatic rings. The smallest absolute Gasteiger partial charge is 0.326 e. The maximum atomic E-state index is 12.4. The molecule has 6 N–H and O–H groups in total. The highest BCUT2D eigenvalue weighted by molar-refractivity contribution is 7.98. The van der Waals surface area contributed by atoms with Crippen LogP contribution in [0.4, 0.5) is 0 Å². The summed E-state index contributed by atoms with van der Waals surface area (Å²) in [5.41, 5.74) is 5.85. The molecule has 0 radical (unpaired) electrons. The molecule has 0 aliphatic carbocycles. The van der Waals surface area contributed by atoms with Gasteiger partial charge < -0.3 is 26.8 Å². The minimum atomic E-state index is -1.12. The number of nitrogens with two attached hydrogens (primary N) is 1. The maximum absolute atomic E-state index is 12.4. The first-order chi connectivity index (χ1) is 13.0. The van der Waals surface area contributed by atoms with Crippen molar-refractivity contribution < 1.29 is 24.3 Å². The van der Waals surface area contributed by atoms with Gasteiger partial charge >= 0.3 is 5.97 Å². The molecule has 0 aromatic heterocycles. The molecule has 0 aromatic carbocycles. The first-order valence-electron chi connectivity index (χ1n) is 9.34. The van der Waals surface area contributed by atoms with Gasteiger partial charge in [-0.25, -0.2) is 4.79 Å². The lowest BCUT2D eigenvalue weighted by atomic mass is 10.0. The van der Waals surface area contributed by atoms with E-state index >= 15 is 0 Å². The number of hydrogen-bond donors (Lipinski definition) is 5. The first-order valence-corrected chi connectivity index (χ1v) is 10.7. The van der Waals surface area contributed by atoms with E-state index in [-0.39, 0.29) is 24.8 Å². The fourth-order valence-electron chi connectivity index (χ4n) is 2.43. The molecule has 0 aliphatic heterocycles. The Hall–Kier alpha value is -1.81. The zero-order chi connectivity index (χ0) is 21.9. The van der Waals surface area contributed by atoms with E-state index in [9.17, 15) is 19.2 Å². The van der Waals surface area contributed by atoms with Crippen LogP contribution in [0.2, 0.25) is 0 Å². The number of thioether (sulfide) groups is 1. The van der Waals surface area contributed by atoms with E-state index in [2.05, 4.69) is 16.0 Å². The summed E-state index contributed by atoms with van der Waals surface area (Å²) in [5.74, 6) is -2.06. The summed E-state index contributed by atoms with van der Waals surface area (Å²) in [6, 6.07) is -2.57. The largest absolute Gasteiger partial charge is 0.480 e. The van der Waals surface area contributed by atoms with Crippen molar-refractivity contribution >= 4 is 35.5 Å². The maximum Gasteiger partial charge on any atom is 0.326 e. The third-order valence-corrected chi connectivity index (χ3v) is 4.62. The van der Waals surface area contributed by atoms with E-state index < -0.39 is 41.8 Å². The number of rotatable bonds is 13. The number of nitrogens with one attached hydrogen (secondary N) is 3.